The SMILES string of the molecule is CCC1(CO)CCN(C(=O)COc2cc(C)ccc2C)CC1. The Morgan fingerprint density at radius 1 is 1.32 bits per heavy atom. The Morgan fingerprint density at radius 3 is 2.59 bits per heavy atom. The number of likely N-dealkylation sites (tertiary alicyclic amines) is 1. The molecule has 1 aromatic carbocycles. The van der Waals surface area contributed by atoms with Crippen LogP contribution in [0.5, 0.6) is 5.75 Å². The van der Waals surface area contributed by atoms with Gasteiger partial charge < -0.3 is 14.7 Å². The zero-order chi connectivity index (χ0) is 16.2. The number of nitrogens with zero attached hydrogens (tertiary/aromatic N) is 1. The van der Waals surface area contributed by atoms with Gasteiger partial charge in [-0.3, -0.25) is 4.79 Å². The maximum atomic E-state index is 12.3. The molecule has 1 saturated heterocycles. The number of aryl methyl sites for hydroxylation is 2. The van der Waals surface area contributed by atoms with Gasteiger partial charge in [-0.2, -0.15) is 0 Å². The Morgan fingerprint density at radius 2 is 2.00 bits per heavy atom. The van der Waals surface area contributed by atoms with Gasteiger partial charge in [0.25, 0.3) is 5.91 Å². The van der Waals surface area contributed by atoms with Crippen molar-refractivity contribution >= 4 is 5.91 Å². The van der Waals surface area contributed by atoms with Crippen molar-refractivity contribution in [1.29, 1.82) is 0 Å². The predicted molar refractivity (Wildman–Crippen MR) is 87.0 cm³/mol. The van der Waals surface area contributed by atoms with Crippen LogP contribution in [0.1, 0.15) is 37.3 Å². The molecule has 0 saturated carbocycles. The topological polar surface area (TPSA) is 49.8 Å². The summed E-state index contributed by atoms with van der Waals surface area (Å²) in [6.07, 6.45) is 2.70. The third-order valence-electron chi connectivity index (χ3n) is 4.96. The van der Waals surface area contributed by atoms with Gasteiger partial charge in [0, 0.05) is 19.7 Å². The molecule has 1 aliphatic rings. The van der Waals surface area contributed by atoms with E-state index in [4.69, 9.17) is 4.74 Å². The number of benzene rings is 1. The van der Waals surface area contributed by atoms with E-state index in [1.165, 1.54) is 0 Å². The highest BCUT2D eigenvalue weighted by atomic mass is 16.5. The number of hydrogen-bond donors (Lipinski definition) is 1. The van der Waals surface area contributed by atoms with Gasteiger partial charge in [0.2, 0.25) is 0 Å². The summed E-state index contributed by atoms with van der Waals surface area (Å²) in [6, 6.07) is 6.01. The van der Waals surface area contributed by atoms with Crippen molar-refractivity contribution in [1.82, 2.24) is 4.90 Å². The Bertz CT molecular complexity index is 513. The lowest BCUT2D eigenvalue weighted by Gasteiger charge is -2.40. The summed E-state index contributed by atoms with van der Waals surface area (Å²) in [6.45, 7) is 7.83. The van der Waals surface area contributed by atoms with Crippen LogP contribution >= 0.6 is 0 Å². The summed E-state index contributed by atoms with van der Waals surface area (Å²) >= 11 is 0. The first-order valence-corrected chi connectivity index (χ1v) is 8.08. The molecule has 1 N–H and O–H groups in total. The molecule has 4 heteroatoms. The van der Waals surface area contributed by atoms with Crippen LogP contribution in [0.2, 0.25) is 0 Å². The Labute approximate surface area is 133 Å². The van der Waals surface area contributed by atoms with Gasteiger partial charge in [-0.05, 0) is 55.7 Å². The van der Waals surface area contributed by atoms with Gasteiger partial charge in [-0.25, -0.2) is 0 Å². The van der Waals surface area contributed by atoms with E-state index in [2.05, 4.69) is 6.92 Å². The van der Waals surface area contributed by atoms with Crippen LogP contribution in [0.3, 0.4) is 0 Å². The summed E-state index contributed by atoms with van der Waals surface area (Å²) < 4.78 is 5.70. The molecule has 0 spiro atoms. The molecule has 122 valence electrons. The minimum atomic E-state index is 0.00473. The lowest BCUT2D eigenvalue weighted by Crippen LogP contribution is -2.46. The third kappa shape index (κ3) is 3.80. The first kappa shape index (κ1) is 16.8. The molecule has 4 nitrogen and oxygen atoms in total. The Balaban J connectivity index is 1.87. The van der Waals surface area contributed by atoms with Gasteiger partial charge in [-0.1, -0.05) is 19.1 Å². The molecule has 0 atom stereocenters. The molecule has 0 radical (unpaired) electrons. The normalized spacial score (nSPS) is 17.4. The third-order valence-corrected chi connectivity index (χ3v) is 4.96. The van der Waals surface area contributed by atoms with Crippen molar-refractivity contribution in [3.8, 4) is 5.75 Å². The van der Waals surface area contributed by atoms with Crippen LogP contribution in [-0.4, -0.2) is 42.2 Å². The average molecular weight is 305 g/mol. The first-order chi connectivity index (χ1) is 10.5. The van der Waals surface area contributed by atoms with Crippen molar-refractivity contribution in [3.63, 3.8) is 0 Å². The van der Waals surface area contributed by atoms with E-state index in [1.807, 2.05) is 36.9 Å². The maximum Gasteiger partial charge on any atom is 0.260 e. The quantitative estimate of drug-likeness (QED) is 0.910. The average Bonchev–Trinajstić information content (AvgIpc) is 2.55. The van der Waals surface area contributed by atoms with E-state index < -0.39 is 0 Å². The molecule has 2 rings (SSSR count). The minimum absolute atomic E-state index is 0.00473. The van der Waals surface area contributed by atoms with E-state index in [-0.39, 0.29) is 24.5 Å². The summed E-state index contributed by atoms with van der Waals surface area (Å²) in [7, 11) is 0. The van der Waals surface area contributed by atoms with Gasteiger partial charge >= 0.3 is 0 Å². The monoisotopic (exact) mass is 305 g/mol. The molecular weight excluding hydrogens is 278 g/mol. The van der Waals surface area contributed by atoms with Crippen LogP contribution in [-0.2, 0) is 4.79 Å². The van der Waals surface area contributed by atoms with Crippen LogP contribution in [0, 0.1) is 19.3 Å². The zero-order valence-corrected chi connectivity index (χ0v) is 13.9. The highest BCUT2D eigenvalue weighted by Crippen LogP contribution is 2.34. The number of aliphatic hydroxyl groups is 1. The van der Waals surface area contributed by atoms with Crippen molar-refractivity contribution in [2.24, 2.45) is 5.41 Å². The van der Waals surface area contributed by atoms with E-state index in [1.54, 1.807) is 0 Å². The molecule has 1 fully saturated rings. The molecule has 22 heavy (non-hydrogen) atoms. The zero-order valence-electron chi connectivity index (χ0n) is 13.9. The standard InChI is InChI=1S/C18H27NO3/c1-4-18(13-20)7-9-19(10-8-18)17(21)12-22-16-11-14(2)5-6-15(16)3/h5-6,11,20H,4,7-10,12-13H2,1-3H3. The maximum absolute atomic E-state index is 12.3. The van der Waals surface area contributed by atoms with Crippen LogP contribution in [0.4, 0.5) is 0 Å². The number of carbonyl (C=O) groups is 1. The number of piperidine rings is 1. The summed E-state index contributed by atoms with van der Waals surface area (Å²) in [5.41, 5.74) is 2.18. The molecule has 0 unspecified atom stereocenters. The fourth-order valence-corrected chi connectivity index (χ4v) is 2.95. The molecule has 0 aromatic heterocycles. The second-order valence-electron chi connectivity index (χ2n) is 6.45. The Hall–Kier alpha value is -1.55. The fraction of sp³-hybridized carbons (Fsp3) is 0.611. The van der Waals surface area contributed by atoms with E-state index in [9.17, 15) is 9.90 Å². The molecule has 1 heterocycles. The smallest absolute Gasteiger partial charge is 0.260 e. The lowest BCUT2D eigenvalue weighted by atomic mass is 9.77. The fourth-order valence-electron chi connectivity index (χ4n) is 2.95. The predicted octanol–water partition coefficient (Wildman–Crippen LogP) is 2.69. The van der Waals surface area contributed by atoms with Crippen LogP contribution in [0.15, 0.2) is 18.2 Å². The van der Waals surface area contributed by atoms with Crippen molar-refractivity contribution < 1.29 is 14.6 Å². The second kappa shape index (κ2) is 7.14. The van der Waals surface area contributed by atoms with Gasteiger partial charge in [0.05, 0.1) is 0 Å². The molecular formula is C18H27NO3. The van der Waals surface area contributed by atoms with Crippen LogP contribution in [0.25, 0.3) is 0 Å². The number of rotatable bonds is 5. The minimum Gasteiger partial charge on any atom is -0.483 e. The molecule has 0 aliphatic carbocycles. The number of amides is 1. The number of carbonyl (C=O) groups excluding carboxylic acids is 1. The summed E-state index contributed by atoms with van der Waals surface area (Å²) in [5, 5.41) is 9.55. The van der Waals surface area contributed by atoms with Crippen molar-refractivity contribution in [3.05, 3.63) is 29.3 Å². The number of aliphatic hydroxyl groups excluding tert-OH is 1. The second-order valence-corrected chi connectivity index (χ2v) is 6.45. The van der Waals surface area contributed by atoms with Crippen molar-refractivity contribution in [2.45, 2.75) is 40.0 Å². The Kier molecular flexibility index (Phi) is 5.46. The van der Waals surface area contributed by atoms with Crippen LogP contribution < -0.4 is 4.74 Å². The van der Waals surface area contributed by atoms with Crippen molar-refractivity contribution in [2.75, 3.05) is 26.3 Å². The molecule has 1 aliphatic heterocycles. The summed E-state index contributed by atoms with van der Waals surface area (Å²) in [4.78, 5) is 14.1. The highest BCUT2D eigenvalue weighted by Gasteiger charge is 2.33. The molecule has 1 aromatic rings. The highest BCUT2D eigenvalue weighted by molar-refractivity contribution is 5.78. The summed E-state index contributed by atoms with van der Waals surface area (Å²) in [5.74, 6) is 0.812. The van der Waals surface area contributed by atoms with E-state index in [0.29, 0.717) is 13.1 Å². The number of hydrogen-bond acceptors (Lipinski definition) is 3. The van der Waals surface area contributed by atoms with E-state index in [0.717, 1.165) is 36.1 Å². The lowest BCUT2D eigenvalue weighted by molar-refractivity contribution is -0.136. The molecule has 0 bridgehead atoms. The number of ether oxygens (including phenoxy) is 1. The molecule has 1 amide bonds. The van der Waals surface area contributed by atoms with Gasteiger partial charge in [0.15, 0.2) is 6.61 Å². The van der Waals surface area contributed by atoms with Gasteiger partial charge in [-0.15, -0.1) is 0 Å². The van der Waals surface area contributed by atoms with E-state index >= 15 is 0 Å². The van der Waals surface area contributed by atoms with Gasteiger partial charge in [0.1, 0.15) is 5.75 Å². The first-order valence-electron chi connectivity index (χ1n) is 8.08. The largest absolute Gasteiger partial charge is 0.483 e.